The standard InChI is InChI=1S/C12H23N5O2S/c1-6-13-10-7-11(16-9(2)15-10)14-8-12(3,4)17-20(5,18)19/h7,17H,6,8H2,1-5H3,(H2,13,14,15,16). The molecular weight excluding hydrogens is 278 g/mol. The lowest BCUT2D eigenvalue weighted by molar-refractivity contribution is 0.476. The molecule has 20 heavy (non-hydrogen) atoms. The van der Waals surface area contributed by atoms with Crippen LogP contribution in [0.2, 0.25) is 0 Å². The minimum absolute atomic E-state index is 0.419. The Morgan fingerprint density at radius 2 is 1.75 bits per heavy atom. The van der Waals surface area contributed by atoms with E-state index >= 15 is 0 Å². The molecule has 7 nitrogen and oxygen atoms in total. The topological polar surface area (TPSA) is 96.0 Å². The Morgan fingerprint density at radius 3 is 2.25 bits per heavy atom. The van der Waals surface area contributed by atoms with E-state index < -0.39 is 15.6 Å². The number of aryl methyl sites for hydroxylation is 1. The van der Waals surface area contributed by atoms with E-state index in [-0.39, 0.29) is 0 Å². The van der Waals surface area contributed by atoms with Crippen molar-refractivity contribution in [3.63, 3.8) is 0 Å². The second-order valence-electron chi connectivity index (χ2n) is 5.33. The summed E-state index contributed by atoms with van der Waals surface area (Å²) in [6, 6.07) is 1.80. The van der Waals surface area contributed by atoms with Crippen molar-refractivity contribution >= 4 is 21.7 Å². The number of rotatable bonds is 7. The minimum Gasteiger partial charge on any atom is -0.370 e. The molecule has 1 aromatic heterocycles. The molecule has 0 aliphatic heterocycles. The van der Waals surface area contributed by atoms with Crippen molar-refractivity contribution < 1.29 is 8.42 Å². The molecule has 0 spiro atoms. The summed E-state index contributed by atoms with van der Waals surface area (Å²) in [4.78, 5) is 8.53. The first-order valence-electron chi connectivity index (χ1n) is 6.44. The number of hydrogen-bond donors (Lipinski definition) is 3. The zero-order valence-corrected chi connectivity index (χ0v) is 13.4. The van der Waals surface area contributed by atoms with Gasteiger partial charge in [-0.1, -0.05) is 0 Å². The molecule has 0 aliphatic carbocycles. The summed E-state index contributed by atoms with van der Waals surface area (Å²) < 4.78 is 25.1. The van der Waals surface area contributed by atoms with Gasteiger partial charge in [0, 0.05) is 24.7 Å². The van der Waals surface area contributed by atoms with Crippen LogP contribution in [0, 0.1) is 6.92 Å². The fourth-order valence-corrected chi connectivity index (χ4v) is 2.86. The van der Waals surface area contributed by atoms with E-state index in [0.717, 1.165) is 18.6 Å². The molecule has 114 valence electrons. The fraction of sp³-hybridized carbons (Fsp3) is 0.667. The first kappa shape index (κ1) is 16.6. The van der Waals surface area contributed by atoms with Gasteiger partial charge in [-0.3, -0.25) is 0 Å². The molecule has 0 saturated heterocycles. The molecule has 1 aromatic rings. The molecule has 0 aromatic carbocycles. The highest BCUT2D eigenvalue weighted by atomic mass is 32.2. The third-order valence-corrected chi connectivity index (χ3v) is 3.29. The molecule has 0 aliphatic rings. The van der Waals surface area contributed by atoms with Crippen molar-refractivity contribution in [3.8, 4) is 0 Å². The summed E-state index contributed by atoms with van der Waals surface area (Å²) in [6.07, 6.45) is 1.15. The summed E-state index contributed by atoms with van der Waals surface area (Å²) in [5.74, 6) is 2.06. The van der Waals surface area contributed by atoms with E-state index in [2.05, 4.69) is 25.3 Å². The first-order chi connectivity index (χ1) is 9.11. The first-order valence-corrected chi connectivity index (χ1v) is 8.33. The number of anilines is 2. The molecule has 0 atom stereocenters. The molecular formula is C12H23N5O2S. The van der Waals surface area contributed by atoms with Crippen LogP contribution in [-0.4, -0.2) is 43.3 Å². The van der Waals surface area contributed by atoms with Crippen molar-refractivity contribution in [2.75, 3.05) is 30.0 Å². The maximum absolute atomic E-state index is 11.3. The number of nitrogens with one attached hydrogen (secondary N) is 3. The van der Waals surface area contributed by atoms with Crippen molar-refractivity contribution in [2.24, 2.45) is 0 Å². The third-order valence-electron chi connectivity index (χ3n) is 2.37. The van der Waals surface area contributed by atoms with Gasteiger partial charge in [0.25, 0.3) is 0 Å². The van der Waals surface area contributed by atoms with Gasteiger partial charge in [-0.15, -0.1) is 0 Å². The monoisotopic (exact) mass is 301 g/mol. The molecule has 3 N–H and O–H groups in total. The van der Waals surface area contributed by atoms with Gasteiger partial charge < -0.3 is 10.6 Å². The molecule has 0 saturated carbocycles. The van der Waals surface area contributed by atoms with Crippen LogP contribution in [0.4, 0.5) is 11.6 Å². The Labute approximate surface area is 120 Å². The van der Waals surface area contributed by atoms with Gasteiger partial charge in [0.05, 0.1) is 6.26 Å². The largest absolute Gasteiger partial charge is 0.370 e. The quantitative estimate of drug-likeness (QED) is 0.694. The lowest BCUT2D eigenvalue weighted by Crippen LogP contribution is -2.47. The summed E-state index contributed by atoms with van der Waals surface area (Å²) >= 11 is 0. The number of aromatic nitrogens is 2. The Kier molecular flexibility index (Phi) is 5.29. The van der Waals surface area contributed by atoms with E-state index in [1.54, 1.807) is 19.9 Å². The van der Waals surface area contributed by atoms with Crippen LogP contribution in [0.25, 0.3) is 0 Å². The molecule has 0 amide bonds. The molecule has 0 radical (unpaired) electrons. The van der Waals surface area contributed by atoms with Gasteiger partial charge >= 0.3 is 0 Å². The summed E-state index contributed by atoms with van der Waals surface area (Å²) in [5, 5.41) is 6.25. The lowest BCUT2D eigenvalue weighted by atomic mass is 10.1. The van der Waals surface area contributed by atoms with Gasteiger partial charge in [0.15, 0.2) is 0 Å². The summed E-state index contributed by atoms with van der Waals surface area (Å²) in [7, 11) is -3.25. The molecule has 0 bridgehead atoms. The third kappa shape index (κ3) is 6.16. The van der Waals surface area contributed by atoms with Crippen molar-refractivity contribution in [1.82, 2.24) is 14.7 Å². The molecule has 0 unspecified atom stereocenters. The van der Waals surface area contributed by atoms with E-state index in [0.29, 0.717) is 18.2 Å². The smallest absolute Gasteiger partial charge is 0.209 e. The minimum atomic E-state index is -3.25. The highest BCUT2D eigenvalue weighted by Gasteiger charge is 2.22. The second-order valence-corrected chi connectivity index (χ2v) is 7.08. The van der Waals surface area contributed by atoms with Crippen LogP contribution in [-0.2, 0) is 10.0 Å². The Balaban J connectivity index is 2.74. The van der Waals surface area contributed by atoms with Gasteiger partial charge in [0.1, 0.15) is 17.5 Å². The van der Waals surface area contributed by atoms with Crippen molar-refractivity contribution in [3.05, 3.63) is 11.9 Å². The predicted octanol–water partition coefficient (Wildman–Crippen LogP) is 0.957. The second kappa shape index (κ2) is 6.36. The molecule has 1 rings (SSSR count). The molecule has 8 heteroatoms. The maximum atomic E-state index is 11.3. The number of nitrogens with zero attached hydrogens (tertiary/aromatic N) is 2. The van der Waals surface area contributed by atoms with Crippen LogP contribution in [0.3, 0.4) is 0 Å². The summed E-state index contributed by atoms with van der Waals surface area (Å²) in [5.41, 5.74) is -0.606. The predicted molar refractivity (Wildman–Crippen MR) is 81.5 cm³/mol. The normalized spacial score (nSPS) is 12.2. The Morgan fingerprint density at radius 1 is 1.20 bits per heavy atom. The lowest BCUT2D eigenvalue weighted by Gasteiger charge is -2.25. The molecule has 0 fully saturated rings. The average molecular weight is 301 g/mol. The highest BCUT2D eigenvalue weighted by Crippen LogP contribution is 2.12. The van der Waals surface area contributed by atoms with E-state index in [4.69, 9.17) is 0 Å². The SMILES string of the molecule is CCNc1cc(NCC(C)(C)NS(C)(=O)=O)nc(C)n1. The van der Waals surface area contributed by atoms with E-state index in [9.17, 15) is 8.42 Å². The number of sulfonamides is 1. The Bertz CT molecular complexity index is 557. The van der Waals surface area contributed by atoms with Crippen LogP contribution in [0.15, 0.2) is 6.07 Å². The van der Waals surface area contributed by atoms with Crippen LogP contribution < -0.4 is 15.4 Å². The average Bonchev–Trinajstić information content (AvgIpc) is 2.23. The van der Waals surface area contributed by atoms with Gasteiger partial charge in [-0.05, 0) is 27.7 Å². The van der Waals surface area contributed by atoms with Gasteiger partial charge in [0.2, 0.25) is 10.0 Å². The highest BCUT2D eigenvalue weighted by molar-refractivity contribution is 7.88. The van der Waals surface area contributed by atoms with E-state index in [1.165, 1.54) is 0 Å². The van der Waals surface area contributed by atoms with Crippen molar-refractivity contribution in [2.45, 2.75) is 33.2 Å². The van der Waals surface area contributed by atoms with Gasteiger partial charge in [-0.2, -0.15) is 0 Å². The van der Waals surface area contributed by atoms with Crippen LogP contribution in [0.1, 0.15) is 26.6 Å². The number of hydrogen-bond acceptors (Lipinski definition) is 6. The van der Waals surface area contributed by atoms with Gasteiger partial charge in [-0.25, -0.2) is 23.1 Å². The zero-order chi connectivity index (χ0) is 15.4. The van der Waals surface area contributed by atoms with Crippen LogP contribution >= 0.6 is 0 Å². The van der Waals surface area contributed by atoms with Crippen molar-refractivity contribution in [1.29, 1.82) is 0 Å². The fourth-order valence-electron chi connectivity index (χ4n) is 1.78. The maximum Gasteiger partial charge on any atom is 0.209 e. The van der Waals surface area contributed by atoms with E-state index in [1.807, 2.05) is 13.8 Å². The molecule has 1 heterocycles. The summed E-state index contributed by atoms with van der Waals surface area (Å²) in [6.45, 7) is 8.61. The van der Waals surface area contributed by atoms with Crippen LogP contribution in [0.5, 0.6) is 0 Å². The Hall–Kier alpha value is -1.41. The zero-order valence-electron chi connectivity index (χ0n) is 12.6.